The van der Waals surface area contributed by atoms with Crippen molar-refractivity contribution in [1.29, 1.82) is 0 Å². The van der Waals surface area contributed by atoms with Crippen LogP contribution < -0.4 is 10.2 Å². The second kappa shape index (κ2) is 9.44. The maximum Gasteiger partial charge on any atom is 0.271 e. The zero-order valence-electron chi connectivity index (χ0n) is 14.1. The van der Waals surface area contributed by atoms with Crippen LogP contribution in [0.2, 0.25) is 10.0 Å². The van der Waals surface area contributed by atoms with Gasteiger partial charge in [-0.1, -0.05) is 43.1 Å². The molecule has 1 amide bonds. The monoisotopic (exact) mass is 378 g/mol. The smallest absolute Gasteiger partial charge is 0.271 e. The maximum absolute atomic E-state index is 12.1. The molecule has 0 radical (unpaired) electrons. The molecule has 2 aromatic rings. The molecule has 4 nitrogen and oxygen atoms in total. The van der Waals surface area contributed by atoms with Crippen molar-refractivity contribution >= 4 is 35.3 Å². The van der Waals surface area contributed by atoms with E-state index in [2.05, 4.69) is 24.4 Å². The number of carbonyl (C=O) groups excluding carboxylic acids is 1. The zero-order valence-corrected chi connectivity index (χ0v) is 15.6. The fourth-order valence-electron chi connectivity index (χ4n) is 1.95. The molecule has 1 N–H and O–H groups in total. The normalized spacial score (nSPS) is 11.1. The third-order valence-electron chi connectivity index (χ3n) is 3.41. The van der Waals surface area contributed by atoms with Crippen molar-refractivity contribution in [2.24, 2.45) is 11.0 Å². The number of rotatable bonds is 7. The second-order valence-corrected chi connectivity index (χ2v) is 6.76. The molecular weight excluding hydrogens is 359 g/mol. The molecule has 0 saturated carbocycles. The molecule has 0 spiro atoms. The Balaban J connectivity index is 1.89. The highest BCUT2D eigenvalue weighted by Gasteiger charge is 2.05. The summed E-state index contributed by atoms with van der Waals surface area (Å²) in [6.07, 6.45) is 2.46. The maximum atomic E-state index is 12.1. The number of hydrogen-bond acceptors (Lipinski definition) is 3. The van der Waals surface area contributed by atoms with Gasteiger partial charge in [0.05, 0.1) is 17.8 Å². The van der Waals surface area contributed by atoms with E-state index in [1.165, 1.54) is 6.21 Å². The van der Waals surface area contributed by atoms with Crippen LogP contribution in [0.15, 0.2) is 47.6 Å². The van der Waals surface area contributed by atoms with E-state index in [-0.39, 0.29) is 5.91 Å². The Labute approximate surface area is 157 Å². The quantitative estimate of drug-likeness (QED) is 0.532. The van der Waals surface area contributed by atoms with Gasteiger partial charge in [-0.25, -0.2) is 5.43 Å². The van der Waals surface area contributed by atoms with Gasteiger partial charge in [0, 0.05) is 16.1 Å². The molecule has 0 aliphatic rings. The van der Waals surface area contributed by atoms with Crippen molar-refractivity contribution in [1.82, 2.24) is 5.43 Å². The molecule has 2 aromatic carbocycles. The summed E-state index contributed by atoms with van der Waals surface area (Å²) in [5.41, 5.74) is 3.63. The largest absolute Gasteiger partial charge is 0.494 e. The van der Waals surface area contributed by atoms with Gasteiger partial charge in [0.15, 0.2) is 0 Å². The van der Waals surface area contributed by atoms with Crippen LogP contribution in [0.5, 0.6) is 5.75 Å². The van der Waals surface area contributed by atoms with E-state index in [0.717, 1.165) is 12.2 Å². The van der Waals surface area contributed by atoms with E-state index in [1.54, 1.807) is 42.5 Å². The van der Waals surface area contributed by atoms with E-state index in [0.29, 0.717) is 33.7 Å². The molecule has 0 unspecified atom stereocenters. The number of hydrogen-bond donors (Lipinski definition) is 1. The highest BCUT2D eigenvalue weighted by atomic mass is 35.5. The van der Waals surface area contributed by atoms with Crippen LogP contribution in [0, 0.1) is 5.92 Å². The van der Waals surface area contributed by atoms with Gasteiger partial charge in [0.2, 0.25) is 0 Å². The first-order chi connectivity index (χ1) is 12.0. The minimum absolute atomic E-state index is 0.310. The number of ether oxygens (including phenoxy) is 1. The standard InChI is InChI=1S/C19H20Cl2N2O2/c1-13(2)9-10-25-17-7-4-14(5-8-17)19(24)23-22-12-15-3-6-16(20)11-18(15)21/h3-8,11-13H,9-10H2,1-2H3,(H,23,24)/b22-12+. The van der Waals surface area contributed by atoms with Crippen LogP contribution in [-0.2, 0) is 0 Å². The first-order valence-corrected chi connectivity index (χ1v) is 8.72. The molecule has 0 aromatic heterocycles. The molecule has 0 bridgehead atoms. The molecule has 0 aliphatic carbocycles. The van der Waals surface area contributed by atoms with Crippen LogP contribution in [0.1, 0.15) is 36.2 Å². The summed E-state index contributed by atoms with van der Waals surface area (Å²) in [4.78, 5) is 12.1. The Hall–Kier alpha value is -2.04. The zero-order chi connectivity index (χ0) is 18.2. The van der Waals surface area contributed by atoms with Crippen molar-refractivity contribution < 1.29 is 9.53 Å². The average molecular weight is 379 g/mol. The van der Waals surface area contributed by atoms with E-state index >= 15 is 0 Å². The number of halogens is 2. The summed E-state index contributed by atoms with van der Waals surface area (Å²) in [5.74, 6) is 1.03. The number of amides is 1. The van der Waals surface area contributed by atoms with Crippen molar-refractivity contribution in [3.8, 4) is 5.75 Å². The van der Waals surface area contributed by atoms with Gasteiger partial charge in [0.25, 0.3) is 5.91 Å². The van der Waals surface area contributed by atoms with Gasteiger partial charge in [-0.05, 0) is 48.7 Å². The number of nitrogens with one attached hydrogen (secondary N) is 1. The van der Waals surface area contributed by atoms with Crippen LogP contribution in [-0.4, -0.2) is 18.7 Å². The molecule has 0 saturated heterocycles. The van der Waals surface area contributed by atoms with Gasteiger partial charge < -0.3 is 4.74 Å². The second-order valence-electron chi connectivity index (χ2n) is 5.92. The average Bonchev–Trinajstić information content (AvgIpc) is 2.57. The summed E-state index contributed by atoms with van der Waals surface area (Å²) < 4.78 is 5.63. The third kappa shape index (κ3) is 6.40. The predicted molar refractivity (Wildman–Crippen MR) is 103 cm³/mol. The van der Waals surface area contributed by atoms with Gasteiger partial charge in [-0.15, -0.1) is 0 Å². The Morgan fingerprint density at radius 1 is 1.20 bits per heavy atom. The fourth-order valence-corrected chi connectivity index (χ4v) is 2.40. The number of benzene rings is 2. The third-order valence-corrected chi connectivity index (χ3v) is 3.98. The highest BCUT2D eigenvalue weighted by molar-refractivity contribution is 6.36. The minimum Gasteiger partial charge on any atom is -0.494 e. The van der Waals surface area contributed by atoms with Crippen LogP contribution in [0.4, 0.5) is 0 Å². The lowest BCUT2D eigenvalue weighted by Crippen LogP contribution is -2.17. The number of carbonyl (C=O) groups is 1. The summed E-state index contributed by atoms with van der Waals surface area (Å²) in [6, 6.07) is 12.0. The van der Waals surface area contributed by atoms with Gasteiger partial charge in [-0.2, -0.15) is 5.10 Å². The first kappa shape index (κ1) is 19.3. The Kier molecular flexibility index (Phi) is 7.29. The van der Waals surface area contributed by atoms with Gasteiger partial charge >= 0.3 is 0 Å². The summed E-state index contributed by atoms with van der Waals surface area (Å²) in [6.45, 7) is 4.96. The lowest BCUT2D eigenvalue weighted by atomic mass is 10.1. The number of nitrogens with zero attached hydrogens (tertiary/aromatic N) is 1. The van der Waals surface area contributed by atoms with Gasteiger partial charge in [0.1, 0.15) is 5.75 Å². The first-order valence-electron chi connectivity index (χ1n) is 7.97. The lowest BCUT2D eigenvalue weighted by Gasteiger charge is -2.08. The Bertz CT molecular complexity index is 744. The van der Waals surface area contributed by atoms with Crippen molar-refractivity contribution in [3.63, 3.8) is 0 Å². The molecule has 0 atom stereocenters. The van der Waals surface area contributed by atoms with Gasteiger partial charge in [-0.3, -0.25) is 4.79 Å². The molecule has 2 rings (SSSR count). The van der Waals surface area contributed by atoms with Crippen molar-refractivity contribution in [2.45, 2.75) is 20.3 Å². The van der Waals surface area contributed by atoms with E-state index in [4.69, 9.17) is 27.9 Å². The van der Waals surface area contributed by atoms with Crippen LogP contribution in [0.3, 0.4) is 0 Å². The summed E-state index contributed by atoms with van der Waals surface area (Å²) in [7, 11) is 0. The van der Waals surface area contributed by atoms with Crippen LogP contribution in [0.25, 0.3) is 0 Å². The van der Waals surface area contributed by atoms with E-state index in [9.17, 15) is 4.79 Å². The minimum atomic E-state index is -0.310. The van der Waals surface area contributed by atoms with Crippen molar-refractivity contribution in [3.05, 3.63) is 63.6 Å². The molecule has 25 heavy (non-hydrogen) atoms. The van der Waals surface area contributed by atoms with E-state index < -0.39 is 0 Å². The predicted octanol–water partition coefficient (Wildman–Crippen LogP) is 5.18. The topological polar surface area (TPSA) is 50.7 Å². The van der Waals surface area contributed by atoms with Crippen molar-refractivity contribution in [2.75, 3.05) is 6.61 Å². The summed E-state index contributed by atoms with van der Waals surface area (Å²) in [5, 5.41) is 4.93. The van der Waals surface area contributed by atoms with Crippen LogP contribution >= 0.6 is 23.2 Å². The molecule has 0 heterocycles. The molecule has 0 aliphatic heterocycles. The Morgan fingerprint density at radius 2 is 1.92 bits per heavy atom. The fraction of sp³-hybridized carbons (Fsp3) is 0.263. The Morgan fingerprint density at radius 3 is 2.56 bits per heavy atom. The number of hydrazone groups is 1. The highest BCUT2D eigenvalue weighted by Crippen LogP contribution is 2.19. The van der Waals surface area contributed by atoms with E-state index in [1.807, 2.05) is 0 Å². The molecule has 0 fully saturated rings. The molecule has 6 heteroatoms. The summed E-state index contributed by atoms with van der Waals surface area (Å²) >= 11 is 11.9. The SMILES string of the molecule is CC(C)CCOc1ccc(C(=O)N/N=C/c2ccc(Cl)cc2Cl)cc1. The molecular formula is C19H20Cl2N2O2. The molecule has 132 valence electrons. The lowest BCUT2D eigenvalue weighted by molar-refractivity contribution is 0.0955.